The van der Waals surface area contributed by atoms with E-state index in [9.17, 15) is 19.8 Å². The summed E-state index contributed by atoms with van der Waals surface area (Å²) in [5.74, 6) is -1.32. The highest BCUT2D eigenvalue weighted by Crippen LogP contribution is 2.46. The van der Waals surface area contributed by atoms with Gasteiger partial charge in [0, 0.05) is 10.4 Å². The van der Waals surface area contributed by atoms with E-state index >= 15 is 0 Å². The molecule has 164 valence electrons. The molecule has 0 radical (unpaired) electrons. The lowest BCUT2D eigenvalue weighted by molar-refractivity contribution is -0.132. The molecule has 1 unspecified atom stereocenters. The number of anilines is 1. The van der Waals surface area contributed by atoms with Gasteiger partial charge in [-0.05, 0) is 66.8 Å². The zero-order chi connectivity index (χ0) is 22.8. The summed E-state index contributed by atoms with van der Waals surface area (Å²) < 4.78 is 5.58. The van der Waals surface area contributed by atoms with Crippen molar-refractivity contribution in [1.29, 1.82) is 0 Å². The summed E-state index contributed by atoms with van der Waals surface area (Å²) in [6, 6.07) is 14.4. The quantitative estimate of drug-likeness (QED) is 0.308. The first-order valence-corrected chi connectivity index (χ1v) is 11.2. The van der Waals surface area contributed by atoms with E-state index < -0.39 is 17.7 Å². The van der Waals surface area contributed by atoms with Gasteiger partial charge in [-0.1, -0.05) is 19.1 Å². The number of carbonyl (C=O) groups excluding carboxylic acids is 2. The fourth-order valence-corrected chi connectivity index (χ4v) is 4.53. The minimum absolute atomic E-state index is 0.0133. The van der Waals surface area contributed by atoms with Crippen LogP contribution < -0.4 is 9.64 Å². The zero-order valence-corrected chi connectivity index (χ0v) is 18.6. The number of Topliss-reactive ketones (excluding diaryl/α,β-unsaturated/α-hetero) is 1. The second-order valence-electron chi connectivity index (χ2n) is 7.55. The molecule has 6 nitrogen and oxygen atoms in total. The Kier molecular flexibility index (Phi) is 6.01. The third-order valence-electron chi connectivity index (χ3n) is 5.25. The van der Waals surface area contributed by atoms with E-state index in [1.165, 1.54) is 22.3 Å². The maximum atomic E-state index is 13.1. The number of carbonyl (C=O) groups is 2. The minimum Gasteiger partial charge on any atom is -0.507 e. The molecule has 3 aromatic rings. The van der Waals surface area contributed by atoms with Crippen LogP contribution in [-0.4, -0.2) is 28.5 Å². The maximum absolute atomic E-state index is 13.1. The van der Waals surface area contributed by atoms with Gasteiger partial charge in [0.05, 0.1) is 17.9 Å². The highest BCUT2D eigenvalue weighted by atomic mass is 32.1. The Labute approximate surface area is 190 Å². The second-order valence-corrected chi connectivity index (χ2v) is 8.53. The Hall–Kier alpha value is -3.58. The first kappa shape index (κ1) is 21.6. The van der Waals surface area contributed by atoms with E-state index in [2.05, 4.69) is 0 Å². The number of rotatable bonds is 6. The average molecular weight is 450 g/mol. The highest BCUT2D eigenvalue weighted by Gasteiger charge is 2.48. The van der Waals surface area contributed by atoms with Crippen LogP contribution in [0.3, 0.4) is 0 Å². The van der Waals surface area contributed by atoms with Crippen molar-refractivity contribution in [3.63, 3.8) is 0 Å². The molecule has 1 aromatic heterocycles. The highest BCUT2D eigenvalue weighted by molar-refractivity contribution is 7.10. The Morgan fingerprint density at radius 1 is 1.12 bits per heavy atom. The summed E-state index contributed by atoms with van der Waals surface area (Å²) >= 11 is 1.37. The molecule has 2 N–H and O–H groups in total. The maximum Gasteiger partial charge on any atom is 0.300 e. The third-order valence-corrected chi connectivity index (χ3v) is 6.17. The lowest BCUT2D eigenvalue weighted by atomic mass is 9.99. The van der Waals surface area contributed by atoms with Gasteiger partial charge in [0.2, 0.25) is 0 Å². The van der Waals surface area contributed by atoms with Crippen molar-refractivity contribution in [1.82, 2.24) is 0 Å². The number of phenolic OH excluding ortho intramolecular Hbond substituents is 1. The number of aliphatic hydroxyl groups is 1. The number of hydrogen-bond acceptors (Lipinski definition) is 6. The van der Waals surface area contributed by atoms with Gasteiger partial charge in [0.15, 0.2) is 0 Å². The van der Waals surface area contributed by atoms with Gasteiger partial charge in [-0.25, -0.2) is 0 Å². The topological polar surface area (TPSA) is 87.1 Å². The monoisotopic (exact) mass is 449 g/mol. The summed E-state index contributed by atoms with van der Waals surface area (Å²) in [4.78, 5) is 28.2. The standard InChI is InChI=1S/C25H23NO5S/c1-3-12-31-17-9-7-16(8-10-17)23(28)21-22(20-5-4-13-32-20)26(25(30)24(21)29)18-14-15(2)6-11-19(18)27/h4-11,13-14,22,27-28H,3,12H2,1-2H3/b23-21-. The zero-order valence-electron chi connectivity index (χ0n) is 17.7. The van der Waals surface area contributed by atoms with Crippen LogP contribution in [0.15, 0.2) is 65.6 Å². The second kappa shape index (κ2) is 8.88. The smallest absolute Gasteiger partial charge is 0.300 e. The summed E-state index contributed by atoms with van der Waals surface area (Å²) in [5, 5.41) is 23.4. The van der Waals surface area contributed by atoms with Crippen LogP contribution in [0.2, 0.25) is 0 Å². The molecule has 0 spiro atoms. The summed E-state index contributed by atoms with van der Waals surface area (Å²) in [7, 11) is 0. The lowest BCUT2D eigenvalue weighted by Gasteiger charge is -2.25. The number of hydrogen-bond donors (Lipinski definition) is 2. The molecule has 1 fully saturated rings. The van der Waals surface area contributed by atoms with Gasteiger partial charge in [0.25, 0.3) is 11.7 Å². The van der Waals surface area contributed by atoms with Crippen molar-refractivity contribution in [2.75, 3.05) is 11.5 Å². The van der Waals surface area contributed by atoms with Crippen molar-refractivity contribution in [2.45, 2.75) is 26.3 Å². The number of aliphatic hydroxyl groups excluding tert-OH is 1. The number of nitrogens with zero attached hydrogens (tertiary/aromatic N) is 1. The number of ketones is 1. The largest absolute Gasteiger partial charge is 0.507 e. The number of phenols is 1. The van der Waals surface area contributed by atoms with Crippen LogP contribution in [0.4, 0.5) is 5.69 Å². The van der Waals surface area contributed by atoms with Crippen molar-refractivity contribution >= 4 is 34.5 Å². The van der Waals surface area contributed by atoms with Crippen LogP contribution in [0.5, 0.6) is 11.5 Å². The van der Waals surface area contributed by atoms with E-state index in [-0.39, 0.29) is 22.8 Å². The number of aryl methyl sites for hydroxylation is 1. The Bertz CT molecular complexity index is 1180. The Balaban J connectivity index is 1.84. The van der Waals surface area contributed by atoms with Crippen LogP contribution in [0, 0.1) is 6.92 Å². The number of thiophene rings is 1. The van der Waals surface area contributed by atoms with Crippen LogP contribution >= 0.6 is 11.3 Å². The molecule has 2 heterocycles. The van der Waals surface area contributed by atoms with Crippen LogP contribution in [-0.2, 0) is 9.59 Å². The summed E-state index contributed by atoms with van der Waals surface area (Å²) in [6.45, 7) is 4.42. The van der Waals surface area contributed by atoms with Crippen molar-refractivity contribution in [3.05, 3.63) is 81.6 Å². The predicted octanol–water partition coefficient (Wildman–Crippen LogP) is 5.18. The normalized spacial score (nSPS) is 17.7. The number of ether oxygens (including phenoxy) is 1. The first-order chi connectivity index (χ1) is 15.4. The van der Waals surface area contributed by atoms with Gasteiger partial charge in [0.1, 0.15) is 23.3 Å². The molecule has 1 amide bonds. The molecule has 0 bridgehead atoms. The fourth-order valence-electron chi connectivity index (χ4n) is 3.71. The molecule has 1 atom stereocenters. The molecular weight excluding hydrogens is 426 g/mol. The van der Waals surface area contributed by atoms with Gasteiger partial charge < -0.3 is 14.9 Å². The predicted molar refractivity (Wildman–Crippen MR) is 124 cm³/mol. The molecular formula is C25H23NO5S. The van der Waals surface area contributed by atoms with E-state index in [1.807, 2.05) is 25.3 Å². The molecule has 1 saturated heterocycles. The van der Waals surface area contributed by atoms with E-state index in [4.69, 9.17) is 4.74 Å². The van der Waals surface area contributed by atoms with Crippen molar-refractivity contribution in [2.24, 2.45) is 0 Å². The van der Waals surface area contributed by atoms with Crippen molar-refractivity contribution in [3.8, 4) is 11.5 Å². The van der Waals surface area contributed by atoms with Gasteiger partial charge >= 0.3 is 0 Å². The molecule has 1 aliphatic rings. The van der Waals surface area contributed by atoms with Crippen LogP contribution in [0.25, 0.3) is 5.76 Å². The molecule has 7 heteroatoms. The van der Waals surface area contributed by atoms with Crippen molar-refractivity contribution < 1.29 is 24.5 Å². The Morgan fingerprint density at radius 3 is 2.53 bits per heavy atom. The van der Waals surface area contributed by atoms with Gasteiger partial charge in [-0.3, -0.25) is 14.5 Å². The molecule has 1 aliphatic heterocycles. The molecule has 0 aliphatic carbocycles. The first-order valence-electron chi connectivity index (χ1n) is 10.3. The molecule has 4 rings (SSSR count). The summed E-state index contributed by atoms with van der Waals surface area (Å²) in [5.41, 5.74) is 1.45. The fraction of sp³-hybridized carbons (Fsp3) is 0.200. The minimum atomic E-state index is -0.848. The van der Waals surface area contributed by atoms with E-state index in [1.54, 1.807) is 42.5 Å². The average Bonchev–Trinajstić information content (AvgIpc) is 3.41. The summed E-state index contributed by atoms with van der Waals surface area (Å²) in [6.07, 6.45) is 0.873. The van der Waals surface area contributed by atoms with Crippen LogP contribution in [0.1, 0.15) is 35.4 Å². The lowest BCUT2D eigenvalue weighted by Crippen LogP contribution is -2.29. The molecule has 2 aromatic carbocycles. The van der Waals surface area contributed by atoms with E-state index in [0.717, 1.165) is 12.0 Å². The van der Waals surface area contributed by atoms with E-state index in [0.29, 0.717) is 22.8 Å². The number of benzene rings is 2. The van der Waals surface area contributed by atoms with Gasteiger partial charge in [-0.15, -0.1) is 11.3 Å². The third kappa shape index (κ3) is 3.87. The number of amides is 1. The molecule has 32 heavy (non-hydrogen) atoms. The SMILES string of the molecule is CCCOc1ccc(/C(O)=C2/C(=O)C(=O)N(c3cc(C)ccc3O)C2c2cccs2)cc1. The molecule has 0 saturated carbocycles. The number of aromatic hydroxyl groups is 1. The van der Waals surface area contributed by atoms with Gasteiger partial charge in [-0.2, -0.15) is 0 Å². The Morgan fingerprint density at radius 2 is 1.88 bits per heavy atom.